The van der Waals surface area contributed by atoms with Crippen LogP contribution in [0.5, 0.6) is 0 Å². The number of benzene rings is 1. The quantitative estimate of drug-likeness (QED) is 0.285. The number of anilines is 1. The number of hydrogen-bond donors (Lipinski definition) is 2. The lowest BCUT2D eigenvalue weighted by molar-refractivity contribution is -0.144. The molecule has 0 bridgehead atoms. The fourth-order valence-corrected chi connectivity index (χ4v) is 2.86. The maximum atomic E-state index is 12.7. The number of oxime groups is 1. The predicted octanol–water partition coefficient (Wildman–Crippen LogP) is 0.962. The Morgan fingerprint density at radius 1 is 1.30 bits per heavy atom. The molecule has 1 unspecified atom stereocenters. The maximum Gasteiger partial charge on any atom is 0.328 e. The first-order chi connectivity index (χ1) is 13.1. The molecular formula is C17H18N4O5S. The van der Waals surface area contributed by atoms with Crippen molar-refractivity contribution in [2.45, 2.75) is 12.5 Å². The monoisotopic (exact) mass is 390 g/mol. The summed E-state index contributed by atoms with van der Waals surface area (Å²) in [5.74, 6) is -1.25. The highest BCUT2D eigenvalue weighted by Crippen LogP contribution is 2.16. The van der Waals surface area contributed by atoms with E-state index in [1.807, 2.05) is 30.3 Å². The van der Waals surface area contributed by atoms with Gasteiger partial charge in [-0.2, -0.15) is 0 Å². The van der Waals surface area contributed by atoms with Gasteiger partial charge in [-0.25, -0.2) is 9.78 Å². The zero-order valence-corrected chi connectivity index (χ0v) is 15.5. The summed E-state index contributed by atoms with van der Waals surface area (Å²) in [6.07, 6.45) is 0.720. The third kappa shape index (κ3) is 5.61. The predicted molar refractivity (Wildman–Crippen MR) is 99.4 cm³/mol. The third-order valence-electron chi connectivity index (χ3n) is 3.40. The van der Waals surface area contributed by atoms with Gasteiger partial charge in [0.25, 0.3) is 5.91 Å². The molecule has 2 amide bonds. The van der Waals surface area contributed by atoms with Crippen LogP contribution in [0.2, 0.25) is 0 Å². The SMILES string of the molecule is CO/N=C(/C(=O)NC(Cc1ccccc1)C(=O)OC)c1csc(NC=O)n1. The Bertz CT molecular complexity index is 822. The Labute approximate surface area is 159 Å². The minimum absolute atomic E-state index is 0.130. The molecule has 0 saturated heterocycles. The van der Waals surface area contributed by atoms with Gasteiger partial charge in [-0.05, 0) is 5.56 Å². The van der Waals surface area contributed by atoms with Crippen LogP contribution in [0.4, 0.5) is 5.13 Å². The largest absolute Gasteiger partial charge is 0.467 e. The van der Waals surface area contributed by atoms with Gasteiger partial charge in [-0.15, -0.1) is 11.3 Å². The first-order valence-electron chi connectivity index (χ1n) is 7.78. The molecule has 0 aliphatic heterocycles. The molecule has 0 fully saturated rings. The van der Waals surface area contributed by atoms with Crippen LogP contribution in [0.25, 0.3) is 0 Å². The van der Waals surface area contributed by atoms with Crippen molar-refractivity contribution in [2.75, 3.05) is 19.5 Å². The zero-order valence-electron chi connectivity index (χ0n) is 14.7. The van der Waals surface area contributed by atoms with Crippen molar-refractivity contribution >= 4 is 40.5 Å². The number of aromatic nitrogens is 1. The number of ether oxygens (including phenoxy) is 1. The first-order valence-corrected chi connectivity index (χ1v) is 8.66. The van der Waals surface area contributed by atoms with Crippen LogP contribution in [0.1, 0.15) is 11.3 Å². The van der Waals surface area contributed by atoms with Crippen molar-refractivity contribution in [1.82, 2.24) is 10.3 Å². The number of carbonyl (C=O) groups is 3. The van der Waals surface area contributed by atoms with E-state index in [0.29, 0.717) is 11.5 Å². The molecule has 0 saturated carbocycles. The molecule has 1 atom stereocenters. The van der Waals surface area contributed by atoms with Gasteiger partial charge in [0, 0.05) is 11.8 Å². The molecule has 1 aromatic heterocycles. The van der Waals surface area contributed by atoms with Crippen LogP contribution in [-0.4, -0.2) is 49.2 Å². The van der Waals surface area contributed by atoms with Gasteiger partial charge >= 0.3 is 5.97 Å². The lowest BCUT2D eigenvalue weighted by atomic mass is 10.1. The smallest absolute Gasteiger partial charge is 0.328 e. The zero-order chi connectivity index (χ0) is 19.6. The van der Waals surface area contributed by atoms with Crippen LogP contribution in [0.3, 0.4) is 0 Å². The second kappa shape index (κ2) is 10.0. The van der Waals surface area contributed by atoms with Crippen LogP contribution in [0, 0.1) is 0 Å². The van der Waals surface area contributed by atoms with Gasteiger partial charge in [0.2, 0.25) is 6.41 Å². The molecule has 1 heterocycles. The van der Waals surface area contributed by atoms with E-state index in [0.717, 1.165) is 16.9 Å². The topological polar surface area (TPSA) is 119 Å². The second-order valence-electron chi connectivity index (χ2n) is 5.16. The fourth-order valence-electron chi connectivity index (χ4n) is 2.21. The van der Waals surface area contributed by atoms with Gasteiger partial charge in [-0.1, -0.05) is 35.5 Å². The Kier molecular flexibility index (Phi) is 7.44. The summed E-state index contributed by atoms with van der Waals surface area (Å²) in [5, 5.41) is 10.5. The van der Waals surface area contributed by atoms with Crippen LogP contribution in [0.15, 0.2) is 40.9 Å². The van der Waals surface area contributed by atoms with Gasteiger partial charge in [-0.3, -0.25) is 9.59 Å². The van der Waals surface area contributed by atoms with Gasteiger partial charge in [0.15, 0.2) is 10.8 Å². The third-order valence-corrected chi connectivity index (χ3v) is 4.17. The molecule has 10 heteroatoms. The number of nitrogens with one attached hydrogen (secondary N) is 2. The average molecular weight is 390 g/mol. The Hall–Kier alpha value is -3.27. The molecule has 2 aromatic rings. The molecule has 9 nitrogen and oxygen atoms in total. The highest BCUT2D eigenvalue weighted by Gasteiger charge is 2.26. The molecule has 1 aromatic carbocycles. The van der Waals surface area contributed by atoms with E-state index in [2.05, 4.69) is 20.8 Å². The normalized spacial score (nSPS) is 12.0. The Morgan fingerprint density at radius 3 is 2.67 bits per heavy atom. The van der Waals surface area contributed by atoms with Crippen LogP contribution in [-0.2, 0) is 30.4 Å². The molecule has 0 spiro atoms. The number of rotatable bonds is 9. The average Bonchev–Trinajstić information content (AvgIpc) is 3.14. The second-order valence-corrected chi connectivity index (χ2v) is 6.02. The van der Waals surface area contributed by atoms with E-state index in [4.69, 9.17) is 9.57 Å². The standard InChI is InChI=1S/C17H18N4O5S/c1-25-16(24)12(8-11-6-4-3-5-7-11)19-15(23)14(21-26-2)13-9-27-17(20-13)18-10-22/h3-7,9-10,12H,8H2,1-2H3,(H,19,23)(H,18,20,22)/b21-14+. The number of nitrogens with zero attached hydrogens (tertiary/aromatic N) is 2. The summed E-state index contributed by atoms with van der Waals surface area (Å²) in [6, 6.07) is 8.28. The minimum atomic E-state index is -0.918. The lowest BCUT2D eigenvalue weighted by Gasteiger charge is -2.16. The summed E-state index contributed by atoms with van der Waals surface area (Å²) in [6.45, 7) is 0. The van der Waals surface area contributed by atoms with Gasteiger partial charge in [0.1, 0.15) is 18.8 Å². The molecule has 0 aliphatic carbocycles. The highest BCUT2D eigenvalue weighted by molar-refractivity contribution is 7.14. The van der Waals surface area contributed by atoms with Crippen molar-refractivity contribution in [3.05, 3.63) is 47.0 Å². The molecule has 27 heavy (non-hydrogen) atoms. The van der Waals surface area contributed by atoms with Crippen molar-refractivity contribution < 1.29 is 24.0 Å². The number of carbonyl (C=O) groups excluding carboxylic acids is 3. The number of thiazole rings is 1. The fraction of sp³-hybridized carbons (Fsp3) is 0.235. The number of hydrogen-bond acceptors (Lipinski definition) is 8. The summed E-state index contributed by atoms with van der Waals surface area (Å²) in [4.78, 5) is 44.1. The molecule has 0 aliphatic rings. The maximum absolute atomic E-state index is 12.7. The first kappa shape index (κ1) is 20.0. The Balaban J connectivity index is 2.20. The Morgan fingerprint density at radius 2 is 2.04 bits per heavy atom. The summed E-state index contributed by atoms with van der Waals surface area (Å²) >= 11 is 1.12. The molecule has 2 rings (SSSR count). The molecule has 0 radical (unpaired) electrons. The molecule has 142 valence electrons. The van der Waals surface area contributed by atoms with E-state index in [-0.39, 0.29) is 17.8 Å². The number of methoxy groups -OCH3 is 1. The summed E-state index contributed by atoms with van der Waals surface area (Å²) < 4.78 is 4.78. The molecule has 2 N–H and O–H groups in total. The van der Waals surface area contributed by atoms with E-state index < -0.39 is 17.9 Å². The van der Waals surface area contributed by atoms with Crippen molar-refractivity contribution in [2.24, 2.45) is 5.16 Å². The summed E-state index contributed by atoms with van der Waals surface area (Å²) in [5.41, 5.74) is 0.922. The van der Waals surface area contributed by atoms with Gasteiger partial charge < -0.3 is 20.2 Å². The van der Waals surface area contributed by atoms with Crippen LogP contribution >= 0.6 is 11.3 Å². The number of esters is 1. The molecular weight excluding hydrogens is 372 g/mol. The van der Waals surface area contributed by atoms with E-state index in [1.54, 1.807) is 0 Å². The van der Waals surface area contributed by atoms with E-state index in [1.165, 1.54) is 19.6 Å². The minimum Gasteiger partial charge on any atom is -0.467 e. The van der Waals surface area contributed by atoms with Crippen molar-refractivity contribution in [3.63, 3.8) is 0 Å². The summed E-state index contributed by atoms with van der Waals surface area (Å²) in [7, 11) is 2.53. The number of amides is 2. The van der Waals surface area contributed by atoms with Crippen LogP contribution < -0.4 is 10.6 Å². The van der Waals surface area contributed by atoms with E-state index in [9.17, 15) is 14.4 Å². The van der Waals surface area contributed by atoms with E-state index >= 15 is 0 Å². The van der Waals surface area contributed by atoms with Crippen molar-refractivity contribution in [1.29, 1.82) is 0 Å². The van der Waals surface area contributed by atoms with Crippen molar-refractivity contribution in [3.8, 4) is 0 Å². The highest BCUT2D eigenvalue weighted by atomic mass is 32.1. The lowest BCUT2D eigenvalue weighted by Crippen LogP contribution is -2.46. The van der Waals surface area contributed by atoms with Gasteiger partial charge in [0.05, 0.1) is 7.11 Å².